The van der Waals surface area contributed by atoms with Gasteiger partial charge in [-0.3, -0.25) is 0 Å². The summed E-state index contributed by atoms with van der Waals surface area (Å²) in [6, 6.07) is 5.21. The molecule has 21 heavy (non-hydrogen) atoms. The Kier molecular flexibility index (Phi) is 5.00. The van der Waals surface area contributed by atoms with Crippen molar-refractivity contribution in [3.63, 3.8) is 0 Å². The number of benzene rings is 1. The summed E-state index contributed by atoms with van der Waals surface area (Å²) in [4.78, 5) is 14.8. The Morgan fingerprint density at radius 2 is 2.33 bits per heavy atom. The SMILES string of the molecule is Cn1ccnc1CCOc1cccc(Cl)c1/C=C/C(=O)O. The fourth-order valence-corrected chi connectivity index (χ4v) is 2.08. The number of rotatable bonds is 6. The van der Waals surface area contributed by atoms with Crippen LogP contribution >= 0.6 is 11.6 Å². The van der Waals surface area contributed by atoms with Gasteiger partial charge < -0.3 is 14.4 Å². The van der Waals surface area contributed by atoms with Crippen LogP contribution in [0.4, 0.5) is 0 Å². The Morgan fingerprint density at radius 1 is 1.52 bits per heavy atom. The third kappa shape index (κ3) is 4.10. The molecule has 1 heterocycles. The largest absolute Gasteiger partial charge is 0.492 e. The smallest absolute Gasteiger partial charge is 0.328 e. The summed E-state index contributed by atoms with van der Waals surface area (Å²) in [5.74, 6) is 0.433. The fraction of sp³-hybridized carbons (Fsp3) is 0.200. The number of carboxylic acid groups (broad SMARTS) is 1. The third-order valence-electron chi connectivity index (χ3n) is 2.91. The molecule has 0 radical (unpaired) electrons. The molecule has 0 aliphatic carbocycles. The Labute approximate surface area is 127 Å². The number of aromatic nitrogens is 2. The molecule has 0 aliphatic heterocycles. The van der Waals surface area contributed by atoms with Crippen LogP contribution in [0.1, 0.15) is 11.4 Å². The van der Waals surface area contributed by atoms with Gasteiger partial charge in [-0.1, -0.05) is 17.7 Å². The van der Waals surface area contributed by atoms with Crippen molar-refractivity contribution in [2.45, 2.75) is 6.42 Å². The topological polar surface area (TPSA) is 64.4 Å². The van der Waals surface area contributed by atoms with Gasteiger partial charge in [-0.25, -0.2) is 9.78 Å². The lowest BCUT2D eigenvalue weighted by Gasteiger charge is -2.10. The Morgan fingerprint density at radius 3 is 3.00 bits per heavy atom. The van der Waals surface area contributed by atoms with E-state index >= 15 is 0 Å². The van der Waals surface area contributed by atoms with Gasteiger partial charge >= 0.3 is 5.97 Å². The van der Waals surface area contributed by atoms with Crippen molar-refractivity contribution in [3.8, 4) is 5.75 Å². The van der Waals surface area contributed by atoms with Crippen molar-refractivity contribution >= 4 is 23.6 Å². The quantitative estimate of drug-likeness (QED) is 0.834. The van der Waals surface area contributed by atoms with E-state index in [2.05, 4.69) is 4.98 Å². The van der Waals surface area contributed by atoms with Crippen LogP contribution < -0.4 is 4.74 Å². The minimum absolute atomic E-state index is 0.430. The predicted molar refractivity (Wildman–Crippen MR) is 80.5 cm³/mol. The highest BCUT2D eigenvalue weighted by Gasteiger charge is 2.07. The molecule has 6 heteroatoms. The van der Waals surface area contributed by atoms with Gasteiger partial charge in [0.1, 0.15) is 11.6 Å². The number of nitrogens with zero attached hydrogens (tertiary/aromatic N) is 2. The first-order chi connectivity index (χ1) is 10.1. The van der Waals surface area contributed by atoms with Gasteiger partial charge in [0.15, 0.2) is 0 Å². The Hall–Kier alpha value is -2.27. The third-order valence-corrected chi connectivity index (χ3v) is 3.24. The lowest BCUT2D eigenvalue weighted by atomic mass is 10.2. The highest BCUT2D eigenvalue weighted by molar-refractivity contribution is 6.32. The molecule has 0 atom stereocenters. The van der Waals surface area contributed by atoms with Crippen LogP contribution in [0.5, 0.6) is 5.75 Å². The number of hydrogen-bond acceptors (Lipinski definition) is 3. The molecule has 1 aromatic carbocycles. The summed E-state index contributed by atoms with van der Waals surface area (Å²) >= 11 is 6.08. The van der Waals surface area contributed by atoms with Crippen molar-refractivity contribution in [2.24, 2.45) is 7.05 Å². The van der Waals surface area contributed by atoms with E-state index in [1.807, 2.05) is 17.8 Å². The summed E-state index contributed by atoms with van der Waals surface area (Å²) in [6.07, 6.45) is 6.72. The van der Waals surface area contributed by atoms with Gasteiger partial charge in [0.25, 0.3) is 0 Å². The van der Waals surface area contributed by atoms with E-state index in [4.69, 9.17) is 21.4 Å². The van der Waals surface area contributed by atoms with Crippen molar-refractivity contribution in [3.05, 3.63) is 53.1 Å². The van der Waals surface area contributed by atoms with E-state index < -0.39 is 5.97 Å². The molecular formula is C15H15ClN2O3. The van der Waals surface area contributed by atoms with Gasteiger partial charge in [-0.15, -0.1) is 0 Å². The standard InChI is InChI=1S/C15H15ClN2O3/c1-18-9-8-17-14(18)7-10-21-13-4-2-3-12(16)11(13)5-6-15(19)20/h2-6,8-9H,7,10H2,1H3,(H,19,20)/b6-5+. The lowest BCUT2D eigenvalue weighted by molar-refractivity contribution is -0.131. The molecule has 0 unspecified atom stereocenters. The van der Waals surface area contributed by atoms with E-state index in [1.54, 1.807) is 24.4 Å². The number of aryl methyl sites for hydroxylation is 1. The number of ether oxygens (including phenoxy) is 1. The molecule has 2 rings (SSSR count). The average molecular weight is 307 g/mol. The summed E-state index contributed by atoms with van der Waals surface area (Å²) in [5, 5.41) is 9.15. The van der Waals surface area contributed by atoms with Crippen molar-refractivity contribution in [1.82, 2.24) is 9.55 Å². The van der Waals surface area contributed by atoms with E-state index in [1.165, 1.54) is 6.08 Å². The van der Waals surface area contributed by atoms with Crippen LogP contribution in [-0.2, 0) is 18.3 Å². The molecule has 110 valence electrons. The molecule has 2 aromatic rings. The van der Waals surface area contributed by atoms with Crippen LogP contribution in [0.2, 0.25) is 5.02 Å². The van der Waals surface area contributed by atoms with Crippen LogP contribution in [0.15, 0.2) is 36.7 Å². The van der Waals surface area contributed by atoms with E-state index in [-0.39, 0.29) is 0 Å². The molecule has 1 N–H and O–H groups in total. The monoisotopic (exact) mass is 306 g/mol. The highest BCUT2D eigenvalue weighted by atomic mass is 35.5. The predicted octanol–water partition coefficient (Wildman–Crippen LogP) is 2.79. The minimum atomic E-state index is -1.03. The first-order valence-electron chi connectivity index (χ1n) is 6.36. The number of imidazole rings is 1. The summed E-state index contributed by atoms with van der Waals surface area (Å²) in [7, 11) is 1.92. The number of carbonyl (C=O) groups is 1. The molecule has 0 spiro atoms. The maximum Gasteiger partial charge on any atom is 0.328 e. The molecule has 0 fully saturated rings. The zero-order chi connectivity index (χ0) is 15.2. The maximum absolute atomic E-state index is 10.6. The van der Waals surface area contributed by atoms with E-state index in [0.29, 0.717) is 29.4 Å². The zero-order valence-electron chi connectivity index (χ0n) is 11.5. The second-order valence-electron chi connectivity index (χ2n) is 4.38. The Balaban J connectivity index is 2.07. The highest BCUT2D eigenvalue weighted by Crippen LogP contribution is 2.27. The average Bonchev–Trinajstić information content (AvgIpc) is 2.83. The van der Waals surface area contributed by atoms with Crippen LogP contribution in [0, 0.1) is 0 Å². The number of carboxylic acids is 1. The van der Waals surface area contributed by atoms with Crippen LogP contribution in [-0.4, -0.2) is 27.2 Å². The minimum Gasteiger partial charge on any atom is -0.492 e. The van der Waals surface area contributed by atoms with Gasteiger partial charge in [-0.05, 0) is 18.2 Å². The maximum atomic E-state index is 10.6. The normalized spacial score (nSPS) is 11.0. The van der Waals surface area contributed by atoms with Gasteiger partial charge in [-0.2, -0.15) is 0 Å². The summed E-state index contributed by atoms with van der Waals surface area (Å²) < 4.78 is 7.62. The van der Waals surface area contributed by atoms with Crippen LogP contribution in [0.25, 0.3) is 6.08 Å². The first kappa shape index (κ1) is 15.1. The molecule has 5 nitrogen and oxygen atoms in total. The molecule has 0 bridgehead atoms. The molecular weight excluding hydrogens is 292 g/mol. The fourth-order valence-electron chi connectivity index (χ4n) is 1.85. The second kappa shape index (κ2) is 6.95. The molecule has 0 aliphatic rings. The molecule has 1 aromatic heterocycles. The van der Waals surface area contributed by atoms with Crippen molar-refractivity contribution < 1.29 is 14.6 Å². The van der Waals surface area contributed by atoms with Gasteiger partial charge in [0, 0.05) is 37.5 Å². The summed E-state index contributed by atoms with van der Waals surface area (Å²) in [6.45, 7) is 0.430. The number of hydrogen-bond donors (Lipinski definition) is 1. The zero-order valence-corrected chi connectivity index (χ0v) is 12.2. The summed E-state index contributed by atoms with van der Waals surface area (Å²) in [5.41, 5.74) is 0.557. The van der Waals surface area contributed by atoms with Crippen molar-refractivity contribution in [1.29, 1.82) is 0 Å². The Bertz CT molecular complexity index is 665. The number of aliphatic carboxylic acids is 1. The molecule has 0 saturated carbocycles. The van der Waals surface area contributed by atoms with Gasteiger partial charge in [0.2, 0.25) is 0 Å². The molecule has 0 amide bonds. The first-order valence-corrected chi connectivity index (χ1v) is 6.74. The second-order valence-corrected chi connectivity index (χ2v) is 4.78. The number of halogens is 1. The molecule has 0 saturated heterocycles. The van der Waals surface area contributed by atoms with Crippen LogP contribution in [0.3, 0.4) is 0 Å². The van der Waals surface area contributed by atoms with E-state index in [9.17, 15) is 4.79 Å². The van der Waals surface area contributed by atoms with Gasteiger partial charge in [0.05, 0.1) is 11.6 Å². The van der Waals surface area contributed by atoms with Crippen molar-refractivity contribution in [2.75, 3.05) is 6.61 Å². The lowest BCUT2D eigenvalue weighted by Crippen LogP contribution is -2.07. The van der Waals surface area contributed by atoms with E-state index in [0.717, 1.165) is 11.9 Å².